The molecule has 3 aromatic carbocycles. The predicted molar refractivity (Wildman–Crippen MR) is 159 cm³/mol. The fourth-order valence-electron chi connectivity index (χ4n) is 4.09. The minimum atomic E-state index is -4.10. The number of carbonyl (C=O) groups excluding carboxylic acids is 2. The van der Waals surface area contributed by atoms with Crippen molar-refractivity contribution in [2.45, 2.75) is 50.6 Å². The normalized spacial score (nSPS) is 12.0. The monoisotopic (exact) mass is 633 g/mol. The minimum absolute atomic E-state index is 0.0533. The molecule has 0 aliphatic carbocycles. The quantitative estimate of drug-likeness (QED) is 0.233. The summed E-state index contributed by atoms with van der Waals surface area (Å²) in [4.78, 5) is 28.7. The first kappa shape index (κ1) is 30.7. The number of rotatable bonds is 13. The topological polar surface area (TPSA) is 86.8 Å². The summed E-state index contributed by atoms with van der Waals surface area (Å²) in [5, 5.41) is 3.37. The van der Waals surface area contributed by atoms with Gasteiger partial charge in [0.2, 0.25) is 11.8 Å². The Morgan fingerprint density at radius 2 is 1.59 bits per heavy atom. The second-order valence-electron chi connectivity index (χ2n) is 8.98. The van der Waals surface area contributed by atoms with Crippen molar-refractivity contribution in [1.29, 1.82) is 0 Å². The van der Waals surface area contributed by atoms with Gasteiger partial charge < -0.3 is 10.2 Å². The third kappa shape index (κ3) is 8.06. The molecule has 0 aliphatic rings. The number of hydrogen-bond acceptors (Lipinski definition) is 4. The number of nitrogens with zero attached hydrogens (tertiary/aromatic N) is 2. The van der Waals surface area contributed by atoms with E-state index in [-0.39, 0.29) is 17.3 Å². The Bertz CT molecular complexity index is 1350. The number of carbonyl (C=O) groups is 2. The van der Waals surface area contributed by atoms with E-state index < -0.39 is 28.5 Å². The van der Waals surface area contributed by atoms with Crippen molar-refractivity contribution < 1.29 is 18.0 Å². The smallest absolute Gasteiger partial charge is 0.264 e. The molecule has 2 amide bonds. The Balaban J connectivity index is 2.02. The maximum atomic E-state index is 14.0. The largest absolute Gasteiger partial charge is 0.354 e. The van der Waals surface area contributed by atoms with E-state index in [0.717, 1.165) is 21.6 Å². The number of anilines is 1. The molecule has 0 spiro atoms. The third-order valence-corrected chi connectivity index (χ3v) is 8.92. The lowest BCUT2D eigenvalue weighted by atomic mass is 10.1. The molecule has 3 aromatic rings. The molecule has 0 unspecified atom stereocenters. The Labute approximate surface area is 244 Å². The van der Waals surface area contributed by atoms with E-state index in [4.69, 9.17) is 11.6 Å². The molecule has 0 aliphatic heterocycles. The molecule has 3 rings (SSSR count). The molecule has 7 nitrogen and oxygen atoms in total. The van der Waals surface area contributed by atoms with Crippen LogP contribution in [0.25, 0.3) is 0 Å². The van der Waals surface area contributed by atoms with E-state index in [2.05, 4.69) is 21.2 Å². The lowest BCUT2D eigenvalue weighted by Gasteiger charge is -2.33. The summed E-state index contributed by atoms with van der Waals surface area (Å²) in [5.41, 5.74) is 0.988. The fraction of sp³-hybridized carbons (Fsp3) is 0.310. The van der Waals surface area contributed by atoms with Gasteiger partial charge in [-0.05, 0) is 60.9 Å². The first-order valence-corrected chi connectivity index (χ1v) is 15.4. The van der Waals surface area contributed by atoms with Crippen LogP contribution in [0.3, 0.4) is 0 Å². The Kier molecular flexibility index (Phi) is 11.4. The summed E-state index contributed by atoms with van der Waals surface area (Å²) in [5.74, 6) is -0.803. The van der Waals surface area contributed by atoms with Crippen LogP contribution in [0, 0.1) is 0 Å². The van der Waals surface area contributed by atoms with Gasteiger partial charge in [0, 0.05) is 22.6 Å². The third-order valence-electron chi connectivity index (χ3n) is 6.24. The van der Waals surface area contributed by atoms with Gasteiger partial charge in [-0.25, -0.2) is 8.42 Å². The number of nitrogens with one attached hydrogen (secondary N) is 1. The average Bonchev–Trinajstić information content (AvgIpc) is 2.93. The molecular weight excluding hydrogens is 602 g/mol. The number of unbranched alkanes of at least 4 members (excludes halogenated alkanes) is 1. The number of benzene rings is 3. The van der Waals surface area contributed by atoms with Crippen LogP contribution in [0.5, 0.6) is 0 Å². The highest BCUT2D eigenvalue weighted by molar-refractivity contribution is 9.10. The molecule has 0 aromatic heterocycles. The minimum Gasteiger partial charge on any atom is -0.354 e. The maximum Gasteiger partial charge on any atom is 0.264 e. The van der Waals surface area contributed by atoms with E-state index in [1.807, 2.05) is 13.8 Å². The number of hydrogen-bond donors (Lipinski definition) is 1. The van der Waals surface area contributed by atoms with Gasteiger partial charge in [0.1, 0.15) is 12.6 Å². The zero-order valence-electron chi connectivity index (χ0n) is 22.0. The van der Waals surface area contributed by atoms with Crippen LogP contribution in [-0.2, 0) is 26.2 Å². The number of sulfonamides is 1. The molecule has 1 N–H and O–H groups in total. The van der Waals surface area contributed by atoms with Gasteiger partial charge in [0.15, 0.2) is 0 Å². The summed E-state index contributed by atoms with van der Waals surface area (Å²) in [7, 11) is -4.10. The van der Waals surface area contributed by atoms with E-state index in [1.54, 1.807) is 66.7 Å². The SMILES string of the molecule is CCCCNC(=O)[C@@H](CC)N(Cc1ccccc1Cl)C(=O)CN(c1ccc(Br)cc1)S(=O)(=O)c1ccccc1. The number of halogens is 2. The van der Waals surface area contributed by atoms with Gasteiger partial charge in [-0.15, -0.1) is 0 Å². The number of amides is 2. The molecule has 1 atom stereocenters. The first-order valence-electron chi connectivity index (χ1n) is 12.8. The van der Waals surface area contributed by atoms with Gasteiger partial charge >= 0.3 is 0 Å². The Morgan fingerprint density at radius 1 is 0.949 bits per heavy atom. The van der Waals surface area contributed by atoms with Crippen LogP contribution in [0.15, 0.2) is 88.2 Å². The van der Waals surface area contributed by atoms with Gasteiger partial charge in [-0.2, -0.15) is 0 Å². The van der Waals surface area contributed by atoms with Crippen LogP contribution in [0.4, 0.5) is 5.69 Å². The van der Waals surface area contributed by atoms with Crippen LogP contribution in [0.2, 0.25) is 5.02 Å². The van der Waals surface area contributed by atoms with Gasteiger partial charge in [0.25, 0.3) is 10.0 Å². The molecular formula is C29H33BrClN3O4S. The van der Waals surface area contributed by atoms with Crippen molar-refractivity contribution in [2.24, 2.45) is 0 Å². The Hall–Kier alpha value is -2.88. The fourth-order valence-corrected chi connectivity index (χ4v) is 5.99. The van der Waals surface area contributed by atoms with Crippen LogP contribution < -0.4 is 9.62 Å². The molecule has 0 bridgehead atoms. The highest BCUT2D eigenvalue weighted by Gasteiger charge is 2.33. The van der Waals surface area contributed by atoms with Crippen molar-refractivity contribution in [1.82, 2.24) is 10.2 Å². The zero-order chi connectivity index (χ0) is 28.4. The van der Waals surface area contributed by atoms with Crippen molar-refractivity contribution in [2.75, 3.05) is 17.4 Å². The highest BCUT2D eigenvalue weighted by Crippen LogP contribution is 2.27. The molecule has 0 heterocycles. The van der Waals surface area contributed by atoms with Crippen molar-refractivity contribution >= 4 is 55.1 Å². The standard InChI is InChI=1S/C29H33BrClN3O4S/c1-3-5-19-32-29(36)27(4-2)33(20-22-11-9-10-14-26(22)31)28(35)21-34(24-17-15-23(30)16-18-24)39(37,38)25-12-7-6-8-13-25/h6-18,27H,3-5,19-21H2,1-2H3,(H,32,36)/t27-/m1/s1. The average molecular weight is 635 g/mol. The van der Waals surface area contributed by atoms with E-state index in [1.165, 1.54) is 17.0 Å². The van der Waals surface area contributed by atoms with Crippen molar-refractivity contribution in [3.05, 3.63) is 93.9 Å². The lowest BCUT2D eigenvalue weighted by molar-refractivity contribution is -0.140. The van der Waals surface area contributed by atoms with Crippen LogP contribution in [0.1, 0.15) is 38.7 Å². The van der Waals surface area contributed by atoms with Crippen LogP contribution in [-0.4, -0.2) is 44.3 Å². The molecule has 208 valence electrons. The summed E-state index contributed by atoms with van der Waals surface area (Å²) in [6.07, 6.45) is 2.07. The predicted octanol–water partition coefficient (Wildman–Crippen LogP) is 6.02. The van der Waals surface area contributed by atoms with Crippen molar-refractivity contribution in [3.8, 4) is 0 Å². The van der Waals surface area contributed by atoms with E-state index in [0.29, 0.717) is 29.2 Å². The highest BCUT2D eigenvalue weighted by atomic mass is 79.9. The summed E-state index contributed by atoms with van der Waals surface area (Å²) in [6.45, 7) is 3.90. The van der Waals surface area contributed by atoms with E-state index in [9.17, 15) is 18.0 Å². The summed E-state index contributed by atoms with van der Waals surface area (Å²) >= 11 is 9.80. The molecule has 0 fully saturated rings. The van der Waals surface area contributed by atoms with Gasteiger partial charge in [-0.3, -0.25) is 13.9 Å². The first-order chi connectivity index (χ1) is 18.7. The van der Waals surface area contributed by atoms with Crippen molar-refractivity contribution in [3.63, 3.8) is 0 Å². The zero-order valence-corrected chi connectivity index (χ0v) is 25.2. The molecule has 0 saturated heterocycles. The van der Waals surface area contributed by atoms with Gasteiger partial charge in [-0.1, -0.05) is 84.2 Å². The molecule has 0 saturated carbocycles. The maximum absolute atomic E-state index is 14.0. The Morgan fingerprint density at radius 3 is 2.21 bits per heavy atom. The van der Waals surface area contributed by atoms with E-state index >= 15 is 0 Å². The molecule has 10 heteroatoms. The lowest BCUT2D eigenvalue weighted by Crippen LogP contribution is -2.52. The molecule has 39 heavy (non-hydrogen) atoms. The second-order valence-corrected chi connectivity index (χ2v) is 12.2. The van der Waals surface area contributed by atoms with Gasteiger partial charge in [0.05, 0.1) is 10.6 Å². The second kappa shape index (κ2) is 14.5. The molecule has 0 radical (unpaired) electrons. The summed E-state index contributed by atoms with van der Waals surface area (Å²) < 4.78 is 29.4. The van der Waals surface area contributed by atoms with Crippen LogP contribution >= 0.6 is 27.5 Å². The summed E-state index contributed by atoms with van der Waals surface area (Å²) in [6, 6.07) is 20.9.